The van der Waals surface area contributed by atoms with Crippen molar-refractivity contribution in [3.63, 3.8) is 0 Å². The van der Waals surface area contributed by atoms with Crippen LogP contribution in [0.2, 0.25) is 0 Å². The standard InChI is InChI=1S/C27H23NO6.C2H6/c1-14-16(24(27(32)33-3)28-23(14)21(15(2)29)26(28)31)11-7-13-34-20-12-6-10-19-22(20)17-8-4-5-9-18(17)25(19)30;1-2/h4-6,8-10,12,14-15,21,23,29H,13H2,1-3H3;1-2H3. The summed E-state index contributed by atoms with van der Waals surface area (Å²) in [6.07, 6.45) is -0.823. The van der Waals surface area contributed by atoms with E-state index in [-0.39, 0.29) is 36.0 Å². The van der Waals surface area contributed by atoms with Crippen molar-refractivity contribution in [1.29, 1.82) is 0 Å². The van der Waals surface area contributed by atoms with Crippen LogP contribution in [0.15, 0.2) is 53.7 Å². The maximum absolute atomic E-state index is 12.7. The molecular formula is C29H29NO6. The molecule has 0 spiro atoms. The summed E-state index contributed by atoms with van der Waals surface area (Å²) in [5.74, 6) is 4.74. The number of esters is 1. The molecule has 2 aliphatic heterocycles. The number of β-lactam (4-membered cyclic amide) rings is 1. The first kappa shape index (κ1) is 25.2. The quantitative estimate of drug-likeness (QED) is 0.344. The van der Waals surface area contributed by atoms with Crippen LogP contribution in [0.5, 0.6) is 5.75 Å². The number of methoxy groups -OCH3 is 1. The van der Waals surface area contributed by atoms with Crippen LogP contribution in [0.1, 0.15) is 43.6 Å². The summed E-state index contributed by atoms with van der Waals surface area (Å²) in [7, 11) is 1.26. The first-order chi connectivity index (χ1) is 17.4. The van der Waals surface area contributed by atoms with E-state index in [1.54, 1.807) is 31.2 Å². The van der Waals surface area contributed by atoms with Crippen LogP contribution in [0.4, 0.5) is 0 Å². The lowest BCUT2D eigenvalue weighted by Crippen LogP contribution is -2.63. The summed E-state index contributed by atoms with van der Waals surface area (Å²) >= 11 is 0. The Balaban J connectivity index is 0.00000148. The third kappa shape index (κ3) is 3.78. The predicted octanol–water partition coefficient (Wildman–Crippen LogP) is 3.59. The number of carbonyl (C=O) groups is 3. The van der Waals surface area contributed by atoms with Gasteiger partial charge in [0.05, 0.1) is 25.2 Å². The zero-order valence-corrected chi connectivity index (χ0v) is 21.0. The van der Waals surface area contributed by atoms with Gasteiger partial charge >= 0.3 is 5.97 Å². The molecule has 1 aliphatic carbocycles. The second kappa shape index (κ2) is 10.00. The fourth-order valence-corrected chi connectivity index (χ4v) is 5.22. The van der Waals surface area contributed by atoms with Gasteiger partial charge in [0.2, 0.25) is 5.91 Å². The normalized spacial score (nSPS) is 21.7. The Bertz CT molecular complexity index is 1330. The third-order valence-electron chi connectivity index (χ3n) is 6.79. The molecule has 7 nitrogen and oxygen atoms in total. The van der Waals surface area contributed by atoms with E-state index in [0.717, 1.165) is 11.1 Å². The highest BCUT2D eigenvalue weighted by atomic mass is 16.5. The molecular weight excluding hydrogens is 458 g/mol. The Hall–Kier alpha value is -3.89. The molecule has 0 bridgehead atoms. The molecule has 186 valence electrons. The maximum atomic E-state index is 12.7. The lowest BCUT2D eigenvalue weighted by atomic mass is 9.78. The number of amides is 1. The molecule has 1 N–H and O–H groups in total. The van der Waals surface area contributed by atoms with Crippen LogP contribution in [-0.2, 0) is 14.3 Å². The number of carbonyl (C=O) groups excluding carboxylic acids is 3. The van der Waals surface area contributed by atoms with Crippen molar-refractivity contribution in [3.8, 4) is 28.7 Å². The summed E-state index contributed by atoms with van der Waals surface area (Å²) < 4.78 is 10.8. The fourth-order valence-electron chi connectivity index (χ4n) is 5.22. The Labute approximate surface area is 210 Å². The summed E-state index contributed by atoms with van der Waals surface area (Å²) in [6.45, 7) is 7.48. The van der Waals surface area contributed by atoms with Crippen molar-refractivity contribution in [3.05, 3.63) is 64.9 Å². The monoisotopic (exact) mass is 487 g/mol. The zero-order chi connectivity index (χ0) is 26.1. The average molecular weight is 488 g/mol. The number of fused-ring (bicyclic) bond motifs is 4. The van der Waals surface area contributed by atoms with Gasteiger partial charge in [-0.2, -0.15) is 0 Å². The van der Waals surface area contributed by atoms with Crippen molar-refractivity contribution in [2.24, 2.45) is 11.8 Å². The fraction of sp³-hybridized carbons (Fsp3) is 0.345. The number of aliphatic hydroxyl groups is 1. The topological polar surface area (TPSA) is 93.1 Å². The molecule has 0 aromatic heterocycles. The van der Waals surface area contributed by atoms with Gasteiger partial charge in [-0.05, 0) is 18.6 Å². The largest absolute Gasteiger partial charge is 0.480 e. The highest BCUT2D eigenvalue weighted by Gasteiger charge is 2.59. The molecule has 0 radical (unpaired) electrons. The molecule has 2 aromatic carbocycles. The highest BCUT2D eigenvalue weighted by molar-refractivity contribution is 6.22. The molecule has 2 aromatic rings. The Morgan fingerprint density at radius 3 is 2.42 bits per heavy atom. The molecule has 1 fully saturated rings. The number of benzene rings is 2. The molecule has 1 amide bonds. The van der Waals surface area contributed by atoms with E-state index in [1.165, 1.54) is 12.0 Å². The number of ether oxygens (including phenoxy) is 2. The molecule has 2 heterocycles. The first-order valence-electron chi connectivity index (χ1n) is 12.1. The molecule has 1 saturated heterocycles. The summed E-state index contributed by atoms with van der Waals surface area (Å²) in [5, 5.41) is 10.0. The second-order valence-corrected chi connectivity index (χ2v) is 8.65. The van der Waals surface area contributed by atoms with Crippen LogP contribution < -0.4 is 4.74 Å². The molecule has 0 saturated carbocycles. The van der Waals surface area contributed by atoms with Crippen molar-refractivity contribution in [2.45, 2.75) is 39.8 Å². The zero-order valence-electron chi connectivity index (χ0n) is 21.0. The Kier molecular flexibility index (Phi) is 7.00. The SMILES string of the molecule is CC.COC(=O)C1=C(C#CCOc2cccc3c2-c2ccccc2C3=O)C(C)C2C(C(C)O)C(=O)N12. The van der Waals surface area contributed by atoms with Gasteiger partial charge in [-0.25, -0.2) is 4.79 Å². The summed E-state index contributed by atoms with van der Waals surface area (Å²) in [4.78, 5) is 39.1. The van der Waals surface area contributed by atoms with Crippen molar-refractivity contribution in [1.82, 2.24) is 4.90 Å². The minimum atomic E-state index is -0.823. The number of hydrogen-bond acceptors (Lipinski definition) is 6. The molecule has 3 aliphatic rings. The van der Waals surface area contributed by atoms with E-state index in [1.807, 2.05) is 39.0 Å². The van der Waals surface area contributed by atoms with Gasteiger partial charge in [0.25, 0.3) is 0 Å². The van der Waals surface area contributed by atoms with E-state index in [2.05, 4.69) is 11.8 Å². The summed E-state index contributed by atoms with van der Waals surface area (Å²) in [5.41, 5.74) is 3.46. The lowest BCUT2D eigenvalue weighted by molar-refractivity contribution is -0.163. The van der Waals surface area contributed by atoms with Crippen LogP contribution in [0.25, 0.3) is 11.1 Å². The van der Waals surface area contributed by atoms with Gasteiger partial charge in [0.1, 0.15) is 18.1 Å². The lowest BCUT2D eigenvalue weighted by Gasteiger charge is -2.46. The third-order valence-corrected chi connectivity index (χ3v) is 6.79. The number of rotatable bonds is 4. The molecule has 5 rings (SSSR count). The Morgan fingerprint density at radius 2 is 1.75 bits per heavy atom. The number of aliphatic hydroxyl groups excluding tert-OH is 1. The van der Waals surface area contributed by atoms with E-state index in [9.17, 15) is 19.5 Å². The molecule has 36 heavy (non-hydrogen) atoms. The highest BCUT2D eigenvalue weighted by Crippen LogP contribution is 2.47. The molecule has 4 unspecified atom stereocenters. The van der Waals surface area contributed by atoms with Gasteiger partial charge in [0.15, 0.2) is 5.78 Å². The van der Waals surface area contributed by atoms with Crippen molar-refractivity contribution >= 4 is 17.7 Å². The van der Waals surface area contributed by atoms with Crippen LogP contribution in [-0.4, -0.2) is 53.5 Å². The maximum Gasteiger partial charge on any atom is 0.355 e. The van der Waals surface area contributed by atoms with E-state index < -0.39 is 18.0 Å². The van der Waals surface area contributed by atoms with Crippen molar-refractivity contribution < 1.29 is 29.0 Å². The van der Waals surface area contributed by atoms with Gasteiger partial charge in [-0.15, -0.1) is 0 Å². The van der Waals surface area contributed by atoms with Crippen LogP contribution >= 0.6 is 0 Å². The van der Waals surface area contributed by atoms with E-state index in [4.69, 9.17) is 9.47 Å². The minimum Gasteiger partial charge on any atom is -0.480 e. The minimum absolute atomic E-state index is 0.0237. The van der Waals surface area contributed by atoms with Gasteiger partial charge in [-0.3, -0.25) is 9.59 Å². The first-order valence-corrected chi connectivity index (χ1v) is 12.1. The number of ketones is 1. The number of hydrogen-bond donors (Lipinski definition) is 1. The van der Waals surface area contributed by atoms with Crippen LogP contribution in [0, 0.1) is 23.7 Å². The smallest absolute Gasteiger partial charge is 0.355 e. The van der Waals surface area contributed by atoms with Crippen molar-refractivity contribution in [2.75, 3.05) is 13.7 Å². The Morgan fingerprint density at radius 1 is 1.08 bits per heavy atom. The molecule has 4 atom stereocenters. The van der Waals surface area contributed by atoms with Gasteiger partial charge in [-0.1, -0.05) is 69.0 Å². The second-order valence-electron chi connectivity index (χ2n) is 8.65. The molecule has 7 heteroatoms. The van der Waals surface area contributed by atoms with Gasteiger partial charge in [0, 0.05) is 28.2 Å². The van der Waals surface area contributed by atoms with E-state index >= 15 is 0 Å². The predicted molar refractivity (Wildman–Crippen MR) is 134 cm³/mol. The van der Waals surface area contributed by atoms with E-state index in [0.29, 0.717) is 22.4 Å². The average Bonchev–Trinajstić information content (AvgIpc) is 3.32. The number of nitrogens with zero attached hydrogens (tertiary/aromatic N) is 1. The van der Waals surface area contributed by atoms with Gasteiger partial charge < -0.3 is 19.5 Å². The van der Waals surface area contributed by atoms with Crippen LogP contribution in [0.3, 0.4) is 0 Å². The summed E-state index contributed by atoms with van der Waals surface area (Å²) in [6, 6.07) is 12.4.